The summed E-state index contributed by atoms with van der Waals surface area (Å²) in [6.45, 7) is 0. The highest BCUT2D eigenvalue weighted by atomic mass is 79.9. The van der Waals surface area contributed by atoms with Gasteiger partial charge in [-0.2, -0.15) is 0 Å². The molecule has 4 heteroatoms. The van der Waals surface area contributed by atoms with Gasteiger partial charge in [-0.05, 0) is 41.0 Å². The molecule has 153 valence electrons. The maximum atomic E-state index is 12.2. The van der Waals surface area contributed by atoms with Crippen LogP contribution in [0.25, 0.3) is 0 Å². The van der Waals surface area contributed by atoms with Crippen molar-refractivity contribution in [2.45, 2.75) is 5.20 Å². The van der Waals surface area contributed by atoms with Crippen LogP contribution in [-0.2, 0) is 4.74 Å². The van der Waals surface area contributed by atoms with E-state index < -0.39 is 11.2 Å². The van der Waals surface area contributed by atoms with Crippen LogP contribution in [0.5, 0.6) is 5.75 Å². The maximum Gasteiger partial charge on any atom is 0.341 e. The Labute approximate surface area is 190 Å². The van der Waals surface area contributed by atoms with Crippen molar-refractivity contribution >= 4 is 21.9 Å². The summed E-state index contributed by atoms with van der Waals surface area (Å²) in [7, 11) is 0. The number of hydrogen-bond donors (Lipinski definition) is 0. The molecule has 0 aliphatic heterocycles. The predicted molar refractivity (Wildman–Crippen MR) is 125 cm³/mol. The normalized spacial score (nSPS) is 11.7. The van der Waals surface area contributed by atoms with E-state index in [4.69, 9.17) is 9.47 Å². The lowest BCUT2D eigenvalue weighted by molar-refractivity contribution is 0.00222. The Kier molecular flexibility index (Phi) is 6.80. The fourth-order valence-corrected chi connectivity index (χ4v) is 3.65. The summed E-state index contributed by atoms with van der Waals surface area (Å²) in [5, 5.41) is -0.891. The molecule has 0 saturated carbocycles. The monoisotopic (exact) mass is 471 g/mol. The number of halogens is 1. The first-order chi connectivity index (χ1) is 15.2. The smallest absolute Gasteiger partial charge is 0.341 e. The van der Waals surface area contributed by atoms with Gasteiger partial charge in [0.05, 0.1) is 11.5 Å². The van der Waals surface area contributed by atoms with Crippen LogP contribution in [0.2, 0.25) is 0 Å². The van der Waals surface area contributed by atoms with Crippen LogP contribution in [0.4, 0.5) is 0 Å². The van der Waals surface area contributed by atoms with E-state index >= 15 is 0 Å². The standard InChI is InChI=1S/C27H20BrO3/c28-27(31-26(29)23-14-8-3-9-15-23)30-24-18-16-22(17-19-24)25(20-10-4-1-5-11-20)21-12-6-2-7-13-21/h1-19,27H. The van der Waals surface area contributed by atoms with Crippen LogP contribution in [-0.4, -0.2) is 11.2 Å². The summed E-state index contributed by atoms with van der Waals surface area (Å²) in [4.78, 5) is 12.2. The van der Waals surface area contributed by atoms with Crippen molar-refractivity contribution in [3.8, 4) is 5.75 Å². The summed E-state index contributed by atoms with van der Waals surface area (Å²) < 4.78 is 11.0. The molecule has 0 bridgehead atoms. The third kappa shape index (κ3) is 5.41. The van der Waals surface area contributed by atoms with Gasteiger partial charge in [0.15, 0.2) is 0 Å². The van der Waals surface area contributed by atoms with Gasteiger partial charge in [-0.1, -0.05) is 91.0 Å². The molecule has 0 saturated heterocycles. The van der Waals surface area contributed by atoms with Crippen LogP contribution in [0.1, 0.15) is 27.0 Å². The topological polar surface area (TPSA) is 35.5 Å². The molecule has 0 aliphatic carbocycles. The molecule has 1 atom stereocenters. The molecule has 31 heavy (non-hydrogen) atoms. The maximum absolute atomic E-state index is 12.2. The first kappa shape index (κ1) is 20.9. The van der Waals surface area contributed by atoms with E-state index in [0.29, 0.717) is 11.3 Å². The molecule has 3 nitrogen and oxygen atoms in total. The average molecular weight is 472 g/mol. The average Bonchev–Trinajstić information content (AvgIpc) is 2.82. The van der Waals surface area contributed by atoms with Crippen LogP contribution < -0.4 is 4.74 Å². The van der Waals surface area contributed by atoms with Crippen LogP contribution >= 0.6 is 15.9 Å². The third-order valence-electron chi connectivity index (χ3n) is 4.71. The molecule has 0 amide bonds. The SMILES string of the molecule is O=C(OC(Br)Oc1ccc([C](c2ccccc2)c2ccccc2)cc1)c1ccccc1. The molecule has 4 aromatic rings. The molecule has 1 unspecified atom stereocenters. The summed E-state index contributed by atoms with van der Waals surface area (Å²) in [5.74, 6) is 1.27. The zero-order valence-corrected chi connectivity index (χ0v) is 18.2. The van der Waals surface area contributed by atoms with Crippen LogP contribution in [0, 0.1) is 5.92 Å². The molecule has 4 aromatic carbocycles. The lowest BCUT2D eigenvalue weighted by atomic mass is 9.85. The van der Waals surface area contributed by atoms with Gasteiger partial charge in [-0.15, -0.1) is 0 Å². The Balaban J connectivity index is 1.49. The molecule has 1 radical (unpaired) electrons. The number of carbonyl (C=O) groups is 1. The number of benzene rings is 4. The van der Waals surface area contributed by atoms with E-state index in [9.17, 15) is 4.79 Å². The quantitative estimate of drug-likeness (QED) is 0.131. The Morgan fingerprint density at radius 2 is 1.00 bits per heavy atom. The van der Waals surface area contributed by atoms with Crippen molar-refractivity contribution < 1.29 is 14.3 Å². The molecule has 0 fully saturated rings. The summed E-state index contributed by atoms with van der Waals surface area (Å²) in [6, 6.07) is 37.1. The first-order valence-corrected chi connectivity index (χ1v) is 10.8. The second-order valence-corrected chi connectivity index (χ2v) is 7.54. The minimum Gasteiger partial charge on any atom is -0.445 e. The summed E-state index contributed by atoms with van der Waals surface area (Å²) in [5.41, 5.74) is 3.81. The van der Waals surface area contributed by atoms with Gasteiger partial charge < -0.3 is 9.47 Å². The summed E-state index contributed by atoms with van der Waals surface area (Å²) >= 11 is 3.26. The van der Waals surface area contributed by atoms with Gasteiger partial charge >= 0.3 is 11.2 Å². The number of hydrogen-bond acceptors (Lipinski definition) is 3. The zero-order valence-electron chi connectivity index (χ0n) is 16.6. The number of alkyl halides is 1. The van der Waals surface area contributed by atoms with Crippen molar-refractivity contribution in [2.75, 3.05) is 0 Å². The van der Waals surface area contributed by atoms with Gasteiger partial charge in [0, 0.05) is 15.9 Å². The fraction of sp³-hybridized carbons (Fsp3) is 0.0370. The molecular formula is C27H20BrO3. The zero-order chi connectivity index (χ0) is 21.5. The molecule has 0 aromatic heterocycles. The largest absolute Gasteiger partial charge is 0.445 e. The second kappa shape index (κ2) is 10.1. The lowest BCUT2D eigenvalue weighted by Crippen LogP contribution is -2.18. The number of carbonyl (C=O) groups excluding carboxylic acids is 1. The highest BCUT2D eigenvalue weighted by Crippen LogP contribution is 2.32. The third-order valence-corrected chi connectivity index (χ3v) is 5.08. The Bertz CT molecular complexity index is 1060. The predicted octanol–water partition coefficient (Wildman–Crippen LogP) is 6.62. The Morgan fingerprint density at radius 3 is 1.48 bits per heavy atom. The fourth-order valence-electron chi connectivity index (χ4n) is 3.27. The highest BCUT2D eigenvalue weighted by molar-refractivity contribution is 9.09. The molecular weight excluding hydrogens is 452 g/mol. The Morgan fingerprint density at radius 1 is 0.581 bits per heavy atom. The van der Waals surface area contributed by atoms with Gasteiger partial charge in [0.25, 0.3) is 0 Å². The van der Waals surface area contributed by atoms with Crippen molar-refractivity contribution in [1.82, 2.24) is 0 Å². The van der Waals surface area contributed by atoms with E-state index in [-0.39, 0.29) is 0 Å². The van der Waals surface area contributed by atoms with E-state index in [1.807, 2.05) is 66.7 Å². The molecule has 0 aliphatic rings. The van der Waals surface area contributed by atoms with E-state index in [2.05, 4.69) is 40.2 Å². The lowest BCUT2D eigenvalue weighted by Gasteiger charge is -2.19. The van der Waals surface area contributed by atoms with Crippen molar-refractivity contribution in [2.24, 2.45) is 0 Å². The molecule has 0 heterocycles. The van der Waals surface area contributed by atoms with Crippen molar-refractivity contribution in [3.63, 3.8) is 0 Å². The highest BCUT2D eigenvalue weighted by Gasteiger charge is 2.18. The number of esters is 1. The molecule has 0 N–H and O–H groups in total. The van der Waals surface area contributed by atoms with Gasteiger partial charge in [0.1, 0.15) is 5.75 Å². The number of ether oxygens (including phenoxy) is 2. The minimum atomic E-state index is -0.891. The summed E-state index contributed by atoms with van der Waals surface area (Å²) in [6.07, 6.45) is 0. The van der Waals surface area contributed by atoms with E-state index in [0.717, 1.165) is 22.6 Å². The van der Waals surface area contributed by atoms with Crippen molar-refractivity contribution in [3.05, 3.63) is 143 Å². The minimum absolute atomic E-state index is 0.456. The van der Waals surface area contributed by atoms with Gasteiger partial charge in [0.2, 0.25) is 0 Å². The van der Waals surface area contributed by atoms with Gasteiger partial charge in [-0.3, -0.25) is 0 Å². The van der Waals surface area contributed by atoms with Crippen molar-refractivity contribution in [1.29, 1.82) is 0 Å². The second-order valence-electron chi connectivity index (χ2n) is 6.80. The molecule has 4 rings (SSSR count). The van der Waals surface area contributed by atoms with Crippen LogP contribution in [0.15, 0.2) is 115 Å². The molecule has 0 spiro atoms. The van der Waals surface area contributed by atoms with E-state index in [1.54, 1.807) is 24.3 Å². The Hall–Kier alpha value is -3.37. The van der Waals surface area contributed by atoms with Gasteiger partial charge in [-0.25, -0.2) is 4.79 Å². The van der Waals surface area contributed by atoms with E-state index in [1.165, 1.54) is 0 Å². The first-order valence-electron chi connectivity index (χ1n) is 9.86. The van der Waals surface area contributed by atoms with Crippen LogP contribution in [0.3, 0.4) is 0 Å². The number of rotatable bonds is 7.